The number of rotatable bonds is 1. The second-order valence-corrected chi connectivity index (χ2v) is 1.95. The molecule has 1 aromatic carbocycles. The van der Waals surface area contributed by atoms with Crippen molar-refractivity contribution in [1.82, 2.24) is 0 Å². The normalized spacial score (nSPS) is 7.80. The minimum Gasteiger partial charge on any atom is -0.395 e. The standard InChI is InChI=1S/C6H6.C2H5ClO/c1-2-4-6-5-3-1;3-1-2-4/h1-6H;4H,1-2H2. The van der Waals surface area contributed by atoms with Crippen LogP contribution >= 0.6 is 11.6 Å². The SMILES string of the molecule is OCCCl.c1ccccc1. The number of hydrogen-bond donors (Lipinski definition) is 1. The van der Waals surface area contributed by atoms with Crippen LogP contribution in [0.25, 0.3) is 0 Å². The van der Waals surface area contributed by atoms with E-state index < -0.39 is 0 Å². The van der Waals surface area contributed by atoms with Crippen molar-refractivity contribution in [3.8, 4) is 0 Å². The zero-order valence-electron chi connectivity index (χ0n) is 5.70. The second kappa shape index (κ2) is 8.47. The van der Waals surface area contributed by atoms with Gasteiger partial charge in [0.1, 0.15) is 0 Å². The molecule has 0 unspecified atom stereocenters. The van der Waals surface area contributed by atoms with E-state index in [2.05, 4.69) is 0 Å². The largest absolute Gasteiger partial charge is 0.395 e. The third-order valence-corrected chi connectivity index (χ3v) is 0.920. The maximum atomic E-state index is 7.74. The highest BCUT2D eigenvalue weighted by atomic mass is 35.5. The van der Waals surface area contributed by atoms with Crippen molar-refractivity contribution >= 4 is 11.6 Å². The monoisotopic (exact) mass is 158 g/mol. The Morgan fingerprint density at radius 1 is 0.900 bits per heavy atom. The molecule has 0 spiro atoms. The predicted octanol–water partition coefficient (Wildman–Crippen LogP) is 1.90. The van der Waals surface area contributed by atoms with E-state index in [1.165, 1.54) is 0 Å². The second-order valence-electron chi connectivity index (χ2n) is 1.57. The van der Waals surface area contributed by atoms with Crippen LogP contribution in [-0.4, -0.2) is 17.6 Å². The Labute approximate surface area is 66.3 Å². The molecule has 0 aliphatic heterocycles. The van der Waals surface area contributed by atoms with Gasteiger partial charge >= 0.3 is 0 Å². The average Bonchev–Trinajstić information content (AvgIpc) is 2.08. The van der Waals surface area contributed by atoms with Crippen LogP contribution in [0.2, 0.25) is 0 Å². The van der Waals surface area contributed by atoms with Crippen LogP contribution in [0.1, 0.15) is 0 Å². The van der Waals surface area contributed by atoms with Crippen molar-refractivity contribution in [3.05, 3.63) is 36.4 Å². The minimum atomic E-state index is 0.0849. The number of aliphatic hydroxyl groups excluding tert-OH is 1. The Balaban J connectivity index is 0.000000180. The summed E-state index contributed by atoms with van der Waals surface area (Å²) in [5.41, 5.74) is 0. The highest BCUT2D eigenvalue weighted by Crippen LogP contribution is 1.79. The average molecular weight is 159 g/mol. The van der Waals surface area contributed by atoms with Gasteiger partial charge in [0.25, 0.3) is 0 Å². The molecular weight excluding hydrogens is 148 g/mol. The molecule has 0 fully saturated rings. The molecule has 0 radical (unpaired) electrons. The van der Waals surface area contributed by atoms with Crippen LogP contribution in [0.5, 0.6) is 0 Å². The Kier molecular flexibility index (Phi) is 8.02. The van der Waals surface area contributed by atoms with Crippen LogP contribution in [-0.2, 0) is 0 Å². The zero-order chi connectivity index (χ0) is 7.66. The van der Waals surface area contributed by atoms with Gasteiger partial charge in [-0.3, -0.25) is 0 Å². The van der Waals surface area contributed by atoms with Crippen LogP contribution in [0.4, 0.5) is 0 Å². The molecule has 0 saturated carbocycles. The van der Waals surface area contributed by atoms with Gasteiger partial charge < -0.3 is 5.11 Å². The fourth-order valence-corrected chi connectivity index (χ4v) is 0.385. The van der Waals surface area contributed by atoms with Crippen molar-refractivity contribution in [2.24, 2.45) is 0 Å². The van der Waals surface area contributed by atoms with E-state index in [9.17, 15) is 0 Å². The lowest BCUT2D eigenvalue weighted by Gasteiger charge is -1.69. The van der Waals surface area contributed by atoms with E-state index in [4.69, 9.17) is 16.7 Å². The predicted molar refractivity (Wildman–Crippen MR) is 44.2 cm³/mol. The lowest BCUT2D eigenvalue weighted by Crippen LogP contribution is -1.76. The van der Waals surface area contributed by atoms with Crippen molar-refractivity contribution < 1.29 is 5.11 Å². The Morgan fingerprint density at radius 3 is 1.20 bits per heavy atom. The molecule has 0 bridgehead atoms. The maximum absolute atomic E-state index is 7.74. The molecule has 1 N–H and O–H groups in total. The van der Waals surface area contributed by atoms with Gasteiger partial charge in [-0.1, -0.05) is 36.4 Å². The molecular formula is C8H11ClO. The van der Waals surface area contributed by atoms with Gasteiger partial charge in [0, 0.05) is 5.88 Å². The third kappa shape index (κ3) is 7.47. The summed E-state index contributed by atoms with van der Waals surface area (Å²) < 4.78 is 0. The number of hydrogen-bond acceptors (Lipinski definition) is 1. The molecule has 0 amide bonds. The quantitative estimate of drug-likeness (QED) is 0.619. The first-order valence-corrected chi connectivity index (χ1v) is 3.62. The molecule has 0 aromatic heterocycles. The molecule has 1 rings (SSSR count). The van der Waals surface area contributed by atoms with Gasteiger partial charge in [0.15, 0.2) is 0 Å². The molecule has 0 atom stereocenters. The smallest absolute Gasteiger partial charge is 0.0566 e. The van der Waals surface area contributed by atoms with Gasteiger partial charge in [0.2, 0.25) is 0 Å². The first kappa shape index (κ1) is 9.47. The van der Waals surface area contributed by atoms with E-state index in [1.807, 2.05) is 36.4 Å². The molecule has 0 heterocycles. The summed E-state index contributed by atoms with van der Waals surface area (Å²) in [6.45, 7) is 0.0849. The van der Waals surface area contributed by atoms with E-state index in [0.717, 1.165) is 0 Å². The first-order chi connectivity index (χ1) is 4.91. The minimum absolute atomic E-state index is 0.0849. The molecule has 56 valence electrons. The lowest BCUT2D eigenvalue weighted by molar-refractivity contribution is 0.321. The van der Waals surface area contributed by atoms with Crippen molar-refractivity contribution in [2.75, 3.05) is 12.5 Å². The van der Waals surface area contributed by atoms with Gasteiger partial charge in [-0.15, -0.1) is 11.6 Å². The fraction of sp³-hybridized carbons (Fsp3) is 0.250. The van der Waals surface area contributed by atoms with Crippen molar-refractivity contribution in [3.63, 3.8) is 0 Å². The van der Waals surface area contributed by atoms with Crippen LogP contribution in [0.15, 0.2) is 36.4 Å². The van der Waals surface area contributed by atoms with Gasteiger partial charge in [-0.25, -0.2) is 0 Å². The molecule has 0 saturated heterocycles. The van der Waals surface area contributed by atoms with Crippen LogP contribution in [0.3, 0.4) is 0 Å². The van der Waals surface area contributed by atoms with E-state index in [0.29, 0.717) is 5.88 Å². The Morgan fingerprint density at radius 2 is 1.10 bits per heavy atom. The summed E-state index contributed by atoms with van der Waals surface area (Å²) in [4.78, 5) is 0. The lowest BCUT2D eigenvalue weighted by atomic mass is 10.4. The number of halogens is 1. The fourth-order valence-electron chi connectivity index (χ4n) is 0.385. The zero-order valence-corrected chi connectivity index (χ0v) is 6.46. The van der Waals surface area contributed by atoms with Gasteiger partial charge in [-0.05, 0) is 0 Å². The van der Waals surface area contributed by atoms with E-state index >= 15 is 0 Å². The molecule has 1 nitrogen and oxygen atoms in total. The number of aliphatic hydroxyl groups is 1. The Hall–Kier alpha value is -0.530. The highest BCUT2D eigenvalue weighted by Gasteiger charge is 1.60. The molecule has 0 aliphatic rings. The van der Waals surface area contributed by atoms with Crippen LogP contribution < -0.4 is 0 Å². The summed E-state index contributed by atoms with van der Waals surface area (Å²) >= 11 is 4.94. The molecule has 10 heavy (non-hydrogen) atoms. The summed E-state index contributed by atoms with van der Waals surface area (Å²) in [5.74, 6) is 0.347. The number of benzene rings is 1. The summed E-state index contributed by atoms with van der Waals surface area (Å²) in [5, 5.41) is 7.74. The topological polar surface area (TPSA) is 20.2 Å². The number of alkyl halides is 1. The molecule has 0 aliphatic carbocycles. The molecule has 2 heteroatoms. The highest BCUT2D eigenvalue weighted by molar-refractivity contribution is 6.17. The summed E-state index contributed by atoms with van der Waals surface area (Å²) in [7, 11) is 0. The first-order valence-electron chi connectivity index (χ1n) is 3.08. The summed E-state index contributed by atoms with van der Waals surface area (Å²) in [6.07, 6.45) is 0. The van der Waals surface area contributed by atoms with Crippen LogP contribution in [0, 0.1) is 0 Å². The summed E-state index contributed by atoms with van der Waals surface area (Å²) in [6, 6.07) is 12.0. The van der Waals surface area contributed by atoms with Crippen molar-refractivity contribution in [2.45, 2.75) is 0 Å². The van der Waals surface area contributed by atoms with Gasteiger partial charge in [0.05, 0.1) is 6.61 Å². The van der Waals surface area contributed by atoms with E-state index in [1.54, 1.807) is 0 Å². The Bertz CT molecular complexity index is 101. The van der Waals surface area contributed by atoms with Crippen molar-refractivity contribution in [1.29, 1.82) is 0 Å². The molecule has 1 aromatic rings. The van der Waals surface area contributed by atoms with E-state index in [-0.39, 0.29) is 6.61 Å². The van der Waals surface area contributed by atoms with Gasteiger partial charge in [-0.2, -0.15) is 0 Å². The third-order valence-electron chi connectivity index (χ3n) is 0.751. The maximum Gasteiger partial charge on any atom is 0.0566 e.